The molecule has 2 aliphatic carbocycles. The second-order valence-corrected chi connectivity index (χ2v) is 6.35. The first kappa shape index (κ1) is 13.4. The van der Waals surface area contributed by atoms with Crippen LogP contribution in [-0.4, -0.2) is 23.3 Å². The molecule has 0 bridgehead atoms. The third kappa shape index (κ3) is 3.45. The summed E-state index contributed by atoms with van der Waals surface area (Å²) in [6, 6.07) is 0.992. The predicted octanol–water partition coefficient (Wildman–Crippen LogP) is 3.09. The summed E-state index contributed by atoms with van der Waals surface area (Å²) in [4.78, 5) is 0. The van der Waals surface area contributed by atoms with Gasteiger partial charge in [0, 0.05) is 12.1 Å². The van der Waals surface area contributed by atoms with Gasteiger partial charge in [-0.1, -0.05) is 46.0 Å². The Morgan fingerprint density at radius 2 is 1.53 bits per heavy atom. The second-order valence-electron chi connectivity index (χ2n) is 6.35. The SMILES string of the molecule is CC1CCCC(NC2CCCCCC2O)C1C. The Morgan fingerprint density at radius 1 is 0.824 bits per heavy atom. The van der Waals surface area contributed by atoms with Gasteiger partial charge in [0.15, 0.2) is 0 Å². The molecule has 0 amide bonds. The van der Waals surface area contributed by atoms with E-state index in [1.807, 2.05) is 0 Å². The van der Waals surface area contributed by atoms with E-state index in [0.29, 0.717) is 12.1 Å². The molecule has 0 aromatic rings. The largest absolute Gasteiger partial charge is 0.392 e. The Kier molecular flexibility index (Phi) is 4.87. The lowest BCUT2D eigenvalue weighted by molar-refractivity contribution is 0.0945. The van der Waals surface area contributed by atoms with E-state index in [9.17, 15) is 5.11 Å². The molecular weight excluding hydrogens is 210 g/mol. The quantitative estimate of drug-likeness (QED) is 0.726. The lowest BCUT2D eigenvalue weighted by Gasteiger charge is -2.38. The third-order valence-corrected chi connectivity index (χ3v) is 5.11. The molecular formula is C15H29NO. The van der Waals surface area contributed by atoms with Crippen molar-refractivity contribution in [3.05, 3.63) is 0 Å². The van der Waals surface area contributed by atoms with Crippen molar-refractivity contribution >= 4 is 0 Å². The van der Waals surface area contributed by atoms with Gasteiger partial charge in [0.05, 0.1) is 6.10 Å². The molecule has 5 atom stereocenters. The van der Waals surface area contributed by atoms with E-state index in [1.165, 1.54) is 44.9 Å². The van der Waals surface area contributed by atoms with Gasteiger partial charge in [-0.05, 0) is 31.1 Å². The van der Waals surface area contributed by atoms with Gasteiger partial charge in [-0.25, -0.2) is 0 Å². The fraction of sp³-hybridized carbons (Fsp3) is 1.00. The first-order valence-electron chi connectivity index (χ1n) is 7.62. The Hall–Kier alpha value is -0.0800. The predicted molar refractivity (Wildman–Crippen MR) is 72.0 cm³/mol. The van der Waals surface area contributed by atoms with Crippen molar-refractivity contribution in [3.63, 3.8) is 0 Å². The third-order valence-electron chi connectivity index (χ3n) is 5.11. The van der Waals surface area contributed by atoms with Crippen molar-refractivity contribution in [2.75, 3.05) is 0 Å². The number of rotatable bonds is 2. The number of hydrogen-bond acceptors (Lipinski definition) is 2. The van der Waals surface area contributed by atoms with Gasteiger partial charge < -0.3 is 10.4 Å². The summed E-state index contributed by atoms with van der Waals surface area (Å²) in [7, 11) is 0. The lowest BCUT2D eigenvalue weighted by atomic mass is 9.77. The van der Waals surface area contributed by atoms with Gasteiger partial charge in [-0.15, -0.1) is 0 Å². The molecule has 5 unspecified atom stereocenters. The minimum Gasteiger partial charge on any atom is -0.392 e. The van der Waals surface area contributed by atoms with E-state index < -0.39 is 0 Å². The van der Waals surface area contributed by atoms with Crippen LogP contribution in [0.2, 0.25) is 0 Å². The summed E-state index contributed by atoms with van der Waals surface area (Å²) < 4.78 is 0. The lowest BCUT2D eigenvalue weighted by Crippen LogP contribution is -2.49. The summed E-state index contributed by atoms with van der Waals surface area (Å²) in [5, 5.41) is 13.9. The van der Waals surface area contributed by atoms with Crippen LogP contribution < -0.4 is 5.32 Å². The fourth-order valence-corrected chi connectivity index (χ4v) is 3.57. The van der Waals surface area contributed by atoms with Crippen LogP contribution >= 0.6 is 0 Å². The molecule has 2 heteroatoms. The first-order valence-corrected chi connectivity index (χ1v) is 7.62. The zero-order valence-corrected chi connectivity index (χ0v) is 11.5. The van der Waals surface area contributed by atoms with E-state index in [4.69, 9.17) is 0 Å². The second kappa shape index (κ2) is 6.19. The molecule has 0 aromatic heterocycles. The van der Waals surface area contributed by atoms with Crippen LogP contribution in [0.15, 0.2) is 0 Å². The molecule has 0 aromatic carbocycles. The average Bonchev–Trinajstić information content (AvgIpc) is 2.51. The smallest absolute Gasteiger partial charge is 0.0693 e. The maximum absolute atomic E-state index is 10.2. The zero-order chi connectivity index (χ0) is 12.3. The molecule has 0 saturated heterocycles. The van der Waals surface area contributed by atoms with Gasteiger partial charge in [0.2, 0.25) is 0 Å². The Labute approximate surface area is 106 Å². The van der Waals surface area contributed by atoms with Crippen LogP contribution in [0, 0.1) is 11.8 Å². The average molecular weight is 239 g/mol. The standard InChI is InChI=1S/C15H29NO/c1-11-7-6-9-13(12(11)2)16-14-8-4-3-5-10-15(14)17/h11-17H,3-10H2,1-2H3. The number of aliphatic hydroxyl groups excluding tert-OH is 1. The molecule has 0 spiro atoms. The highest BCUT2D eigenvalue weighted by molar-refractivity contribution is 4.88. The van der Waals surface area contributed by atoms with Crippen molar-refractivity contribution in [2.45, 2.75) is 83.4 Å². The summed E-state index contributed by atoms with van der Waals surface area (Å²) in [6.07, 6.45) is 9.87. The highest BCUT2D eigenvalue weighted by Gasteiger charge is 2.31. The summed E-state index contributed by atoms with van der Waals surface area (Å²) in [5.74, 6) is 1.60. The Balaban J connectivity index is 1.89. The molecule has 2 nitrogen and oxygen atoms in total. The maximum Gasteiger partial charge on any atom is 0.0693 e. The summed E-state index contributed by atoms with van der Waals surface area (Å²) >= 11 is 0. The molecule has 2 N–H and O–H groups in total. The van der Waals surface area contributed by atoms with Gasteiger partial charge in [0.1, 0.15) is 0 Å². The molecule has 2 rings (SSSR count). The van der Waals surface area contributed by atoms with Crippen LogP contribution in [0.25, 0.3) is 0 Å². The highest BCUT2D eigenvalue weighted by Crippen LogP contribution is 2.30. The molecule has 100 valence electrons. The van der Waals surface area contributed by atoms with Crippen LogP contribution in [0.1, 0.15) is 65.2 Å². The minimum atomic E-state index is -0.109. The molecule has 0 aliphatic heterocycles. The van der Waals surface area contributed by atoms with Crippen LogP contribution in [0.4, 0.5) is 0 Å². The van der Waals surface area contributed by atoms with Crippen molar-refractivity contribution in [1.29, 1.82) is 0 Å². The molecule has 2 fully saturated rings. The van der Waals surface area contributed by atoms with E-state index >= 15 is 0 Å². The van der Waals surface area contributed by atoms with Gasteiger partial charge in [-0.2, -0.15) is 0 Å². The van der Waals surface area contributed by atoms with Crippen molar-refractivity contribution in [3.8, 4) is 0 Å². The Bertz CT molecular complexity index is 231. The summed E-state index contributed by atoms with van der Waals surface area (Å²) in [6.45, 7) is 4.76. The van der Waals surface area contributed by atoms with Crippen LogP contribution in [0.5, 0.6) is 0 Å². The minimum absolute atomic E-state index is 0.109. The van der Waals surface area contributed by atoms with E-state index in [1.54, 1.807) is 0 Å². The molecule has 2 saturated carbocycles. The van der Waals surface area contributed by atoms with E-state index in [-0.39, 0.29) is 6.10 Å². The molecule has 0 heterocycles. The summed E-state index contributed by atoms with van der Waals surface area (Å²) in [5.41, 5.74) is 0. The van der Waals surface area contributed by atoms with Crippen molar-refractivity contribution in [1.82, 2.24) is 5.32 Å². The van der Waals surface area contributed by atoms with Crippen LogP contribution in [0.3, 0.4) is 0 Å². The molecule has 2 aliphatic rings. The topological polar surface area (TPSA) is 32.3 Å². The van der Waals surface area contributed by atoms with Crippen molar-refractivity contribution in [2.24, 2.45) is 11.8 Å². The van der Waals surface area contributed by atoms with Gasteiger partial charge in [0.25, 0.3) is 0 Å². The normalized spacial score (nSPS) is 44.3. The highest BCUT2D eigenvalue weighted by atomic mass is 16.3. The zero-order valence-electron chi connectivity index (χ0n) is 11.5. The maximum atomic E-state index is 10.2. The van der Waals surface area contributed by atoms with Gasteiger partial charge in [-0.3, -0.25) is 0 Å². The first-order chi connectivity index (χ1) is 8.18. The number of nitrogens with one attached hydrogen (secondary N) is 1. The number of hydrogen-bond donors (Lipinski definition) is 2. The number of aliphatic hydroxyl groups is 1. The van der Waals surface area contributed by atoms with Gasteiger partial charge >= 0.3 is 0 Å². The monoisotopic (exact) mass is 239 g/mol. The molecule has 0 radical (unpaired) electrons. The van der Waals surface area contributed by atoms with Crippen LogP contribution in [-0.2, 0) is 0 Å². The van der Waals surface area contributed by atoms with E-state index in [0.717, 1.165) is 18.3 Å². The van der Waals surface area contributed by atoms with E-state index in [2.05, 4.69) is 19.2 Å². The molecule has 17 heavy (non-hydrogen) atoms. The Morgan fingerprint density at radius 3 is 2.35 bits per heavy atom. The van der Waals surface area contributed by atoms with Crippen molar-refractivity contribution < 1.29 is 5.11 Å². The fourth-order valence-electron chi connectivity index (χ4n) is 3.57.